The van der Waals surface area contributed by atoms with Crippen LogP contribution in [0.4, 0.5) is 0 Å². The fourth-order valence-electron chi connectivity index (χ4n) is 1.14. The van der Waals surface area contributed by atoms with Gasteiger partial charge in [0.2, 0.25) is 5.91 Å². The van der Waals surface area contributed by atoms with E-state index in [4.69, 9.17) is 10.5 Å². The highest BCUT2D eigenvalue weighted by Gasteiger charge is 2.10. The van der Waals surface area contributed by atoms with Crippen LogP contribution in [0.3, 0.4) is 0 Å². The minimum atomic E-state index is -0.276. The molecule has 0 aromatic heterocycles. The molecule has 14 heavy (non-hydrogen) atoms. The Balaban J connectivity index is 3.29. The van der Waals surface area contributed by atoms with E-state index >= 15 is 0 Å². The molecule has 0 heterocycles. The lowest BCUT2D eigenvalue weighted by molar-refractivity contribution is -0.120. The van der Waals surface area contributed by atoms with Crippen LogP contribution >= 0.6 is 0 Å². The number of rotatable bonds is 9. The molecule has 0 aromatic carbocycles. The van der Waals surface area contributed by atoms with E-state index in [-0.39, 0.29) is 11.9 Å². The molecule has 1 amide bonds. The maximum Gasteiger partial charge on any atom is 0.234 e. The van der Waals surface area contributed by atoms with E-state index in [2.05, 4.69) is 12.2 Å². The first-order valence-electron chi connectivity index (χ1n) is 5.32. The van der Waals surface area contributed by atoms with Gasteiger partial charge < -0.3 is 15.8 Å². The third kappa shape index (κ3) is 6.86. The molecule has 0 rings (SSSR count). The number of hydrogen-bond acceptors (Lipinski definition) is 3. The Kier molecular flexibility index (Phi) is 8.57. The van der Waals surface area contributed by atoms with E-state index in [0.29, 0.717) is 0 Å². The van der Waals surface area contributed by atoms with E-state index in [1.165, 1.54) is 0 Å². The number of ether oxygens (including phenoxy) is 1. The lowest BCUT2D eigenvalue weighted by Crippen LogP contribution is -2.41. The first-order chi connectivity index (χ1) is 6.72. The summed E-state index contributed by atoms with van der Waals surface area (Å²) in [4.78, 5) is 10.8. The second-order valence-corrected chi connectivity index (χ2v) is 3.28. The predicted molar refractivity (Wildman–Crippen MR) is 57.0 cm³/mol. The number of carbonyl (C=O) groups is 1. The summed E-state index contributed by atoms with van der Waals surface area (Å²) in [5.41, 5.74) is 5.18. The van der Waals surface area contributed by atoms with Gasteiger partial charge in [-0.25, -0.2) is 0 Å². The molecule has 0 aromatic rings. The van der Waals surface area contributed by atoms with E-state index < -0.39 is 0 Å². The lowest BCUT2D eigenvalue weighted by Gasteiger charge is -2.12. The van der Waals surface area contributed by atoms with Crippen LogP contribution in [0.5, 0.6) is 0 Å². The zero-order valence-corrected chi connectivity index (χ0v) is 9.21. The maximum atomic E-state index is 10.8. The zero-order chi connectivity index (χ0) is 10.8. The fourth-order valence-corrected chi connectivity index (χ4v) is 1.14. The highest BCUT2D eigenvalue weighted by Crippen LogP contribution is 1.90. The second-order valence-electron chi connectivity index (χ2n) is 3.28. The van der Waals surface area contributed by atoms with Crippen LogP contribution in [0.2, 0.25) is 0 Å². The molecule has 0 aliphatic heterocycles. The van der Waals surface area contributed by atoms with Gasteiger partial charge in [0.05, 0.1) is 6.04 Å². The Morgan fingerprint density at radius 1 is 1.43 bits per heavy atom. The van der Waals surface area contributed by atoms with Gasteiger partial charge in [-0.15, -0.1) is 0 Å². The molecule has 0 bridgehead atoms. The number of carbonyl (C=O) groups excluding carboxylic acids is 1. The summed E-state index contributed by atoms with van der Waals surface area (Å²) in [6, 6.07) is -0.193. The van der Waals surface area contributed by atoms with E-state index in [9.17, 15) is 4.79 Å². The van der Waals surface area contributed by atoms with Gasteiger partial charge in [-0.3, -0.25) is 4.79 Å². The van der Waals surface area contributed by atoms with Crippen molar-refractivity contribution >= 4 is 5.91 Å². The van der Waals surface area contributed by atoms with Crippen LogP contribution in [0.15, 0.2) is 0 Å². The van der Waals surface area contributed by atoms with Crippen LogP contribution in [-0.4, -0.2) is 31.7 Å². The van der Waals surface area contributed by atoms with E-state index in [1.807, 2.05) is 6.92 Å². The summed E-state index contributed by atoms with van der Waals surface area (Å²) in [5.74, 6) is -0.276. The summed E-state index contributed by atoms with van der Waals surface area (Å²) < 4.78 is 5.30. The van der Waals surface area contributed by atoms with Crippen LogP contribution < -0.4 is 11.1 Å². The fraction of sp³-hybridized carbons (Fsp3) is 0.900. The molecule has 0 spiro atoms. The molecule has 0 fully saturated rings. The van der Waals surface area contributed by atoms with Crippen molar-refractivity contribution in [2.45, 2.75) is 39.2 Å². The van der Waals surface area contributed by atoms with Crippen molar-refractivity contribution in [2.24, 2.45) is 5.73 Å². The zero-order valence-electron chi connectivity index (χ0n) is 9.21. The number of hydrogen-bond donors (Lipinski definition) is 2. The largest absolute Gasteiger partial charge is 0.381 e. The van der Waals surface area contributed by atoms with Crippen molar-refractivity contribution in [3.05, 3.63) is 0 Å². The van der Waals surface area contributed by atoms with Crippen molar-refractivity contribution in [3.63, 3.8) is 0 Å². The van der Waals surface area contributed by atoms with E-state index in [0.717, 1.165) is 39.0 Å². The smallest absolute Gasteiger partial charge is 0.234 e. The minimum absolute atomic E-state index is 0.193. The van der Waals surface area contributed by atoms with Gasteiger partial charge in [-0.1, -0.05) is 13.8 Å². The van der Waals surface area contributed by atoms with Gasteiger partial charge in [0.1, 0.15) is 0 Å². The molecule has 3 N–H and O–H groups in total. The topological polar surface area (TPSA) is 64.3 Å². The van der Waals surface area contributed by atoms with Crippen LogP contribution in [-0.2, 0) is 9.53 Å². The lowest BCUT2D eigenvalue weighted by atomic mass is 10.2. The third-order valence-corrected chi connectivity index (χ3v) is 1.96. The normalized spacial score (nSPS) is 12.7. The summed E-state index contributed by atoms with van der Waals surface area (Å²) >= 11 is 0. The predicted octanol–water partition coefficient (Wildman–Crippen LogP) is 0.657. The van der Waals surface area contributed by atoms with Crippen molar-refractivity contribution < 1.29 is 9.53 Å². The standard InChI is InChI=1S/C10H22N2O2/c1-3-7-14-8-5-6-12-9(4-2)10(11)13/h9,12H,3-8H2,1-2H3,(H2,11,13). The molecular weight excluding hydrogens is 180 g/mol. The van der Waals surface area contributed by atoms with Gasteiger partial charge in [-0.2, -0.15) is 0 Å². The van der Waals surface area contributed by atoms with Crippen LogP contribution in [0.1, 0.15) is 33.1 Å². The number of primary amides is 1. The molecule has 0 saturated heterocycles. The molecule has 84 valence electrons. The molecule has 0 radical (unpaired) electrons. The van der Waals surface area contributed by atoms with Crippen molar-refractivity contribution in [1.82, 2.24) is 5.32 Å². The molecule has 0 aliphatic rings. The van der Waals surface area contributed by atoms with Crippen LogP contribution in [0, 0.1) is 0 Å². The Morgan fingerprint density at radius 3 is 2.64 bits per heavy atom. The Bertz CT molecular complexity index is 151. The van der Waals surface area contributed by atoms with Crippen molar-refractivity contribution in [1.29, 1.82) is 0 Å². The number of nitrogens with two attached hydrogens (primary N) is 1. The molecular formula is C10H22N2O2. The average molecular weight is 202 g/mol. The minimum Gasteiger partial charge on any atom is -0.381 e. The summed E-state index contributed by atoms with van der Waals surface area (Å²) in [5, 5.41) is 3.09. The Morgan fingerprint density at radius 2 is 2.14 bits per heavy atom. The highest BCUT2D eigenvalue weighted by atomic mass is 16.5. The summed E-state index contributed by atoms with van der Waals surface area (Å²) in [6.07, 6.45) is 2.71. The molecule has 4 nitrogen and oxygen atoms in total. The van der Waals surface area contributed by atoms with Gasteiger partial charge in [-0.05, 0) is 25.8 Å². The summed E-state index contributed by atoms with van der Waals surface area (Å²) in [6.45, 7) is 6.36. The summed E-state index contributed by atoms with van der Waals surface area (Å²) in [7, 11) is 0. The van der Waals surface area contributed by atoms with Gasteiger partial charge in [0.15, 0.2) is 0 Å². The third-order valence-electron chi connectivity index (χ3n) is 1.96. The monoisotopic (exact) mass is 202 g/mol. The molecule has 0 saturated carbocycles. The van der Waals surface area contributed by atoms with E-state index in [1.54, 1.807) is 0 Å². The van der Waals surface area contributed by atoms with Gasteiger partial charge in [0, 0.05) is 13.2 Å². The quantitative estimate of drug-likeness (QED) is 0.540. The van der Waals surface area contributed by atoms with Gasteiger partial charge >= 0.3 is 0 Å². The Labute approximate surface area is 86.2 Å². The average Bonchev–Trinajstić information content (AvgIpc) is 2.16. The first-order valence-corrected chi connectivity index (χ1v) is 5.32. The first kappa shape index (κ1) is 13.4. The molecule has 0 aliphatic carbocycles. The highest BCUT2D eigenvalue weighted by molar-refractivity contribution is 5.79. The maximum absolute atomic E-state index is 10.8. The SMILES string of the molecule is CCCOCCCNC(CC)C(N)=O. The number of amides is 1. The van der Waals surface area contributed by atoms with Gasteiger partial charge in [0.25, 0.3) is 0 Å². The van der Waals surface area contributed by atoms with Crippen LogP contribution in [0.25, 0.3) is 0 Å². The Hall–Kier alpha value is -0.610. The molecule has 4 heteroatoms. The van der Waals surface area contributed by atoms with Crippen molar-refractivity contribution in [2.75, 3.05) is 19.8 Å². The molecule has 1 unspecified atom stereocenters. The second kappa shape index (κ2) is 8.97. The number of nitrogens with one attached hydrogen (secondary N) is 1. The molecule has 1 atom stereocenters. The van der Waals surface area contributed by atoms with Crippen molar-refractivity contribution in [3.8, 4) is 0 Å².